The third-order valence-corrected chi connectivity index (χ3v) is 6.39. The quantitative estimate of drug-likeness (QED) is 0.184. The van der Waals surface area contributed by atoms with E-state index in [4.69, 9.17) is 11.1 Å². The number of nitrogens with zero attached hydrogens (tertiary/aromatic N) is 2. The predicted molar refractivity (Wildman–Crippen MR) is 136 cm³/mol. The zero-order chi connectivity index (χ0) is 24.2. The van der Waals surface area contributed by atoms with Gasteiger partial charge in [0.1, 0.15) is 5.84 Å². The fourth-order valence-corrected chi connectivity index (χ4v) is 4.72. The van der Waals surface area contributed by atoms with Crippen molar-refractivity contribution in [2.75, 3.05) is 0 Å². The first kappa shape index (κ1) is 23.3. The molecule has 5 N–H and O–H groups in total. The molecule has 2 heterocycles. The molecule has 0 saturated heterocycles. The molecule has 1 amide bonds. The molecule has 0 saturated carbocycles. The number of aromatic nitrogens is 1. The molecule has 0 spiro atoms. The Morgan fingerprint density at radius 3 is 2.56 bits per heavy atom. The SMILES string of the molecule is CC(C)N=c1ccc(-c2csc3ccccc23)c(CC(=O)NCc2ccc(C(=N)N)cc2)n1O. The van der Waals surface area contributed by atoms with Gasteiger partial charge in [0.15, 0.2) is 5.49 Å². The van der Waals surface area contributed by atoms with Crippen LogP contribution in [0.2, 0.25) is 0 Å². The van der Waals surface area contributed by atoms with Crippen LogP contribution in [0, 0.1) is 5.41 Å². The smallest absolute Gasteiger partial charge is 0.226 e. The van der Waals surface area contributed by atoms with Gasteiger partial charge in [-0.2, -0.15) is 4.73 Å². The summed E-state index contributed by atoms with van der Waals surface area (Å²) in [6, 6.07) is 18.9. The van der Waals surface area contributed by atoms with Crippen molar-refractivity contribution in [3.8, 4) is 11.1 Å². The number of benzene rings is 2. The second-order valence-electron chi connectivity index (χ2n) is 8.30. The summed E-state index contributed by atoms with van der Waals surface area (Å²) in [4.78, 5) is 17.4. The fraction of sp³-hybridized carbons (Fsp3) is 0.192. The van der Waals surface area contributed by atoms with Crippen molar-refractivity contribution < 1.29 is 10.0 Å². The predicted octanol–water partition coefficient (Wildman–Crippen LogP) is 4.06. The third kappa shape index (κ3) is 5.02. The first-order valence-corrected chi connectivity index (χ1v) is 11.9. The normalized spacial score (nSPS) is 11.8. The number of nitrogens with one attached hydrogen (secondary N) is 2. The largest absolute Gasteiger partial charge is 0.427 e. The highest BCUT2D eigenvalue weighted by Gasteiger charge is 2.17. The Labute approximate surface area is 201 Å². The van der Waals surface area contributed by atoms with Crippen LogP contribution in [-0.2, 0) is 17.8 Å². The number of thiophene rings is 1. The highest BCUT2D eigenvalue weighted by molar-refractivity contribution is 7.17. The van der Waals surface area contributed by atoms with Gasteiger partial charge in [0.05, 0.1) is 12.1 Å². The minimum absolute atomic E-state index is 0.00302. The van der Waals surface area contributed by atoms with Crippen LogP contribution >= 0.6 is 11.3 Å². The Bertz CT molecular complexity index is 1420. The van der Waals surface area contributed by atoms with E-state index in [0.717, 1.165) is 31.5 Å². The van der Waals surface area contributed by atoms with Crippen LogP contribution in [0.1, 0.15) is 30.7 Å². The van der Waals surface area contributed by atoms with Crippen molar-refractivity contribution in [3.05, 3.63) is 88.4 Å². The van der Waals surface area contributed by atoms with Crippen LogP contribution in [0.5, 0.6) is 0 Å². The maximum absolute atomic E-state index is 12.9. The van der Waals surface area contributed by atoms with Gasteiger partial charge in [-0.15, -0.1) is 11.3 Å². The number of carbonyl (C=O) groups is 1. The molecule has 8 heteroatoms. The second kappa shape index (κ2) is 9.93. The van der Waals surface area contributed by atoms with Gasteiger partial charge in [0.2, 0.25) is 5.91 Å². The molecular formula is C26H27N5O2S. The van der Waals surface area contributed by atoms with Gasteiger partial charge in [-0.25, -0.2) is 0 Å². The lowest BCUT2D eigenvalue weighted by atomic mass is 10.0. The molecule has 0 atom stereocenters. The highest BCUT2D eigenvalue weighted by atomic mass is 32.1. The van der Waals surface area contributed by atoms with E-state index in [2.05, 4.69) is 21.8 Å². The van der Waals surface area contributed by atoms with E-state index in [1.807, 2.05) is 50.2 Å². The van der Waals surface area contributed by atoms with Gasteiger partial charge < -0.3 is 16.3 Å². The highest BCUT2D eigenvalue weighted by Crippen LogP contribution is 2.35. The van der Waals surface area contributed by atoms with Crippen LogP contribution in [-0.4, -0.2) is 27.7 Å². The maximum atomic E-state index is 12.9. The number of amidine groups is 1. The van der Waals surface area contributed by atoms with Crippen molar-refractivity contribution >= 4 is 33.2 Å². The molecule has 0 aliphatic heterocycles. The number of carbonyl (C=O) groups excluding carboxylic acids is 1. The zero-order valence-corrected chi connectivity index (χ0v) is 19.9. The third-order valence-electron chi connectivity index (χ3n) is 5.43. The van der Waals surface area contributed by atoms with E-state index < -0.39 is 0 Å². The molecule has 7 nitrogen and oxygen atoms in total. The maximum Gasteiger partial charge on any atom is 0.226 e. The number of rotatable bonds is 7. The van der Waals surface area contributed by atoms with Gasteiger partial charge in [0, 0.05) is 39.4 Å². The number of nitrogens with two attached hydrogens (primary N) is 1. The molecule has 0 bridgehead atoms. The van der Waals surface area contributed by atoms with E-state index in [1.165, 1.54) is 0 Å². The van der Waals surface area contributed by atoms with E-state index in [0.29, 0.717) is 23.3 Å². The average Bonchev–Trinajstić information content (AvgIpc) is 3.24. The van der Waals surface area contributed by atoms with Crippen molar-refractivity contribution in [1.29, 1.82) is 5.41 Å². The number of nitrogen functional groups attached to an aromatic ring is 1. The second-order valence-corrected chi connectivity index (χ2v) is 9.21. The van der Waals surface area contributed by atoms with E-state index in [9.17, 15) is 10.0 Å². The first-order chi connectivity index (χ1) is 16.3. The Morgan fingerprint density at radius 1 is 1.12 bits per heavy atom. The Hall–Kier alpha value is -3.91. The van der Waals surface area contributed by atoms with E-state index in [-0.39, 0.29) is 24.2 Å². The lowest BCUT2D eigenvalue weighted by Gasteiger charge is -2.14. The Morgan fingerprint density at radius 2 is 1.85 bits per heavy atom. The van der Waals surface area contributed by atoms with Gasteiger partial charge in [-0.1, -0.05) is 42.5 Å². The number of hydrogen-bond donors (Lipinski definition) is 4. The molecule has 4 aromatic rings. The summed E-state index contributed by atoms with van der Waals surface area (Å²) < 4.78 is 2.17. The monoisotopic (exact) mass is 473 g/mol. The van der Waals surface area contributed by atoms with Crippen LogP contribution in [0.3, 0.4) is 0 Å². The van der Waals surface area contributed by atoms with Crippen molar-refractivity contribution in [2.24, 2.45) is 10.7 Å². The van der Waals surface area contributed by atoms with Gasteiger partial charge in [-0.05, 0) is 43.0 Å². The molecule has 0 unspecified atom stereocenters. The molecule has 0 aliphatic rings. The molecule has 0 fully saturated rings. The summed E-state index contributed by atoms with van der Waals surface area (Å²) >= 11 is 1.63. The lowest BCUT2D eigenvalue weighted by Crippen LogP contribution is -2.30. The van der Waals surface area contributed by atoms with Crippen LogP contribution in [0.25, 0.3) is 21.2 Å². The van der Waals surface area contributed by atoms with Gasteiger partial charge in [-0.3, -0.25) is 15.2 Å². The summed E-state index contributed by atoms with van der Waals surface area (Å²) in [5.74, 6) is -0.218. The van der Waals surface area contributed by atoms with Crippen molar-refractivity contribution in [1.82, 2.24) is 10.0 Å². The number of amides is 1. The molecule has 4 rings (SSSR count). The molecule has 2 aromatic carbocycles. The number of hydrogen-bond acceptors (Lipinski definition) is 5. The fourth-order valence-electron chi connectivity index (χ4n) is 3.76. The molecular weight excluding hydrogens is 446 g/mol. The zero-order valence-electron chi connectivity index (χ0n) is 19.1. The molecule has 2 aromatic heterocycles. The summed E-state index contributed by atoms with van der Waals surface area (Å²) in [6.07, 6.45) is -0.0109. The molecule has 174 valence electrons. The lowest BCUT2D eigenvalue weighted by molar-refractivity contribution is -0.120. The number of fused-ring (bicyclic) bond motifs is 1. The Balaban J connectivity index is 1.65. The standard InChI is InChI=1S/C26H27N5O2S/c1-16(2)30-24-12-11-19(21-15-34-23-6-4-3-5-20(21)23)22(31(24)33)13-25(32)29-14-17-7-9-18(10-8-17)26(27)28/h3-12,15-16,33H,13-14H2,1-2H3,(H3,27,28)(H,29,32). The van der Waals surface area contributed by atoms with Gasteiger partial charge in [0.25, 0.3) is 0 Å². The molecule has 34 heavy (non-hydrogen) atoms. The summed E-state index contributed by atoms with van der Waals surface area (Å²) in [7, 11) is 0. The van der Waals surface area contributed by atoms with Crippen LogP contribution < -0.4 is 16.5 Å². The van der Waals surface area contributed by atoms with E-state index >= 15 is 0 Å². The van der Waals surface area contributed by atoms with E-state index in [1.54, 1.807) is 29.5 Å². The van der Waals surface area contributed by atoms with Crippen molar-refractivity contribution in [2.45, 2.75) is 32.9 Å². The summed E-state index contributed by atoms with van der Waals surface area (Å²) in [5, 5.41) is 24.6. The van der Waals surface area contributed by atoms with Gasteiger partial charge >= 0.3 is 0 Å². The minimum Gasteiger partial charge on any atom is -0.427 e. The summed E-state index contributed by atoms with van der Waals surface area (Å²) in [5.41, 5.74) is 9.68. The van der Waals surface area contributed by atoms with Crippen LogP contribution in [0.15, 0.2) is 71.0 Å². The minimum atomic E-state index is -0.221. The topological polar surface area (TPSA) is 116 Å². The number of pyridine rings is 1. The Kier molecular flexibility index (Phi) is 6.79. The molecule has 0 aliphatic carbocycles. The first-order valence-electron chi connectivity index (χ1n) is 11.0. The summed E-state index contributed by atoms with van der Waals surface area (Å²) in [6.45, 7) is 4.20. The molecule has 0 radical (unpaired) electrons. The average molecular weight is 474 g/mol. The van der Waals surface area contributed by atoms with Crippen LogP contribution in [0.4, 0.5) is 0 Å². The van der Waals surface area contributed by atoms with Crippen molar-refractivity contribution in [3.63, 3.8) is 0 Å².